The molecule has 1 N–H and O–H groups in total. The topological polar surface area (TPSA) is 61.9 Å². The molecule has 2 aliphatic heterocycles. The summed E-state index contributed by atoms with van der Waals surface area (Å²) < 4.78 is 5.50. The second kappa shape index (κ2) is 7.99. The van der Waals surface area contributed by atoms with E-state index in [1.165, 1.54) is 19.3 Å². The number of rotatable bonds is 2. The average molecular weight is 323 g/mol. The lowest BCUT2D eigenvalue weighted by Gasteiger charge is -2.28. The highest BCUT2D eigenvalue weighted by Gasteiger charge is 2.30. The van der Waals surface area contributed by atoms with Gasteiger partial charge in [0.1, 0.15) is 6.10 Å². The molecule has 1 aliphatic carbocycles. The lowest BCUT2D eigenvalue weighted by Crippen LogP contribution is -2.47. The van der Waals surface area contributed by atoms with Crippen molar-refractivity contribution in [1.82, 2.24) is 15.1 Å². The van der Waals surface area contributed by atoms with Gasteiger partial charge in [-0.3, -0.25) is 4.79 Å². The first-order valence-corrected chi connectivity index (χ1v) is 9.20. The van der Waals surface area contributed by atoms with Gasteiger partial charge in [0, 0.05) is 38.8 Å². The molecule has 3 rings (SSSR count). The van der Waals surface area contributed by atoms with Crippen molar-refractivity contribution in [2.75, 3.05) is 32.8 Å². The summed E-state index contributed by atoms with van der Waals surface area (Å²) in [5.74, 6) is 0.108. The molecule has 2 heterocycles. The normalized spacial score (nSPS) is 26.9. The van der Waals surface area contributed by atoms with Crippen LogP contribution in [0.1, 0.15) is 51.4 Å². The largest absolute Gasteiger partial charge is 0.368 e. The molecule has 2 saturated heterocycles. The number of urea groups is 1. The molecular weight excluding hydrogens is 294 g/mol. The maximum atomic E-state index is 12.4. The zero-order valence-corrected chi connectivity index (χ0v) is 14.0. The van der Waals surface area contributed by atoms with Crippen LogP contribution in [0.2, 0.25) is 0 Å². The number of ether oxygens (including phenoxy) is 1. The number of hydrogen-bond acceptors (Lipinski definition) is 3. The van der Waals surface area contributed by atoms with Gasteiger partial charge in [-0.2, -0.15) is 0 Å². The quantitative estimate of drug-likeness (QED) is 0.842. The third-order valence-electron chi connectivity index (χ3n) is 5.23. The van der Waals surface area contributed by atoms with Crippen LogP contribution in [0.25, 0.3) is 0 Å². The fourth-order valence-corrected chi connectivity index (χ4v) is 3.83. The third kappa shape index (κ3) is 4.37. The summed E-state index contributed by atoms with van der Waals surface area (Å²) >= 11 is 0. The number of carbonyl (C=O) groups excluding carboxylic acids is 2. The van der Waals surface area contributed by atoms with E-state index < -0.39 is 0 Å². The lowest BCUT2D eigenvalue weighted by molar-refractivity contribution is -0.140. The summed E-state index contributed by atoms with van der Waals surface area (Å²) in [6, 6.07) is 0.382. The highest BCUT2D eigenvalue weighted by molar-refractivity contribution is 5.81. The van der Waals surface area contributed by atoms with Gasteiger partial charge in [-0.05, 0) is 32.1 Å². The number of carbonyl (C=O) groups is 2. The van der Waals surface area contributed by atoms with Gasteiger partial charge < -0.3 is 19.9 Å². The SMILES string of the molecule is O=C(NC1CCCCC1)N1CCCN(C(=O)C2CCCO2)CC1. The molecule has 1 unspecified atom stereocenters. The minimum absolute atomic E-state index is 0.0447. The zero-order chi connectivity index (χ0) is 16.1. The van der Waals surface area contributed by atoms with Crippen molar-refractivity contribution in [3.63, 3.8) is 0 Å². The van der Waals surface area contributed by atoms with Gasteiger partial charge in [0.15, 0.2) is 0 Å². The Morgan fingerprint density at radius 1 is 0.826 bits per heavy atom. The van der Waals surface area contributed by atoms with E-state index in [0.29, 0.717) is 25.7 Å². The van der Waals surface area contributed by atoms with Crippen molar-refractivity contribution in [2.45, 2.75) is 63.5 Å². The van der Waals surface area contributed by atoms with Crippen LogP contribution in [0, 0.1) is 0 Å². The summed E-state index contributed by atoms with van der Waals surface area (Å²) in [4.78, 5) is 28.6. The van der Waals surface area contributed by atoms with Gasteiger partial charge >= 0.3 is 6.03 Å². The predicted octanol–water partition coefficient (Wildman–Crippen LogP) is 1.74. The Kier molecular flexibility index (Phi) is 5.75. The first kappa shape index (κ1) is 16.6. The van der Waals surface area contributed by atoms with Crippen molar-refractivity contribution in [1.29, 1.82) is 0 Å². The molecule has 0 aromatic rings. The van der Waals surface area contributed by atoms with Crippen LogP contribution in [0.15, 0.2) is 0 Å². The number of nitrogens with one attached hydrogen (secondary N) is 1. The molecule has 3 amide bonds. The van der Waals surface area contributed by atoms with E-state index >= 15 is 0 Å². The van der Waals surface area contributed by atoms with E-state index in [1.54, 1.807) is 0 Å². The molecule has 0 radical (unpaired) electrons. The summed E-state index contributed by atoms with van der Waals surface area (Å²) in [5, 5.41) is 3.17. The molecule has 1 saturated carbocycles. The molecule has 0 spiro atoms. The van der Waals surface area contributed by atoms with Crippen molar-refractivity contribution >= 4 is 11.9 Å². The molecule has 6 heteroatoms. The molecule has 3 aliphatic rings. The van der Waals surface area contributed by atoms with E-state index in [9.17, 15) is 9.59 Å². The number of hydrogen-bond donors (Lipinski definition) is 1. The fourth-order valence-electron chi connectivity index (χ4n) is 3.83. The second-order valence-electron chi connectivity index (χ2n) is 6.95. The van der Waals surface area contributed by atoms with E-state index in [2.05, 4.69) is 5.32 Å². The summed E-state index contributed by atoms with van der Waals surface area (Å²) in [7, 11) is 0. The van der Waals surface area contributed by atoms with Gasteiger partial charge in [-0.1, -0.05) is 19.3 Å². The first-order valence-electron chi connectivity index (χ1n) is 9.20. The second-order valence-corrected chi connectivity index (χ2v) is 6.95. The van der Waals surface area contributed by atoms with Gasteiger partial charge in [0.05, 0.1) is 0 Å². The van der Waals surface area contributed by atoms with Crippen LogP contribution in [-0.4, -0.2) is 66.7 Å². The first-order chi connectivity index (χ1) is 11.2. The fraction of sp³-hybridized carbons (Fsp3) is 0.882. The van der Waals surface area contributed by atoms with Crippen molar-refractivity contribution < 1.29 is 14.3 Å². The molecule has 3 fully saturated rings. The maximum Gasteiger partial charge on any atom is 0.317 e. The summed E-state index contributed by atoms with van der Waals surface area (Å²) in [5.41, 5.74) is 0. The van der Waals surface area contributed by atoms with Gasteiger partial charge in [-0.25, -0.2) is 4.79 Å². The van der Waals surface area contributed by atoms with Crippen molar-refractivity contribution in [3.05, 3.63) is 0 Å². The van der Waals surface area contributed by atoms with Crippen LogP contribution < -0.4 is 5.32 Å². The average Bonchev–Trinajstić information content (AvgIpc) is 2.99. The van der Waals surface area contributed by atoms with Crippen LogP contribution in [0.4, 0.5) is 4.79 Å². The van der Waals surface area contributed by atoms with E-state index in [-0.39, 0.29) is 18.0 Å². The predicted molar refractivity (Wildman–Crippen MR) is 87.1 cm³/mol. The summed E-state index contributed by atoms with van der Waals surface area (Å²) in [6.45, 7) is 3.40. The maximum absolute atomic E-state index is 12.4. The standard InChI is InChI=1S/C17H29N3O3/c21-16(15-8-4-13-23-15)19-9-5-10-20(12-11-19)17(22)18-14-6-2-1-3-7-14/h14-15H,1-13H2,(H,18,22). The van der Waals surface area contributed by atoms with Crippen LogP contribution >= 0.6 is 0 Å². The molecule has 6 nitrogen and oxygen atoms in total. The molecule has 0 aromatic carbocycles. The van der Waals surface area contributed by atoms with Crippen LogP contribution in [-0.2, 0) is 9.53 Å². The van der Waals surface area contributed by atoms with Crippen LogP contribution in [0.3, 0.4) is 0 Å². The smallest absolute Gasteiger partial charge is 0.317 e. The van der Waals surface area contributed by atoms with Gasteiger partial charge in [0.25, 0.3) is 5.91 Å². The third-order valence-corrected chi connectivity index (χ3v) is 5.23. The van der Waals surface area contributed by atoms with E-state index in [4.69, 9.17) is 4.74 Å². The molecule has 23 heavy (non-hydrogen) atoms. The molecule has 1 atom stereocenters. The van der Waals surface area contributed by atoms with E-state index in [1.807, 2.05) is 9.80 Å². The molecular formula is C17H29N3O3. The molecule has 0 aromatic heterocycles. The van der Waals surface area contributed by atoms with Gasteiger partial charge in [0.2, 0.25) is 0 Å². The van der Waals surface area contributed by atoms with Crippen molar-refractivity contribution in [2.24, 2.45) is 0 Å². The Bertz CT molecular complexity index is 417. The van der Waals surface area contributed by atoms with Crippen molar-refractivity contribution in [3.8, 4) is 0 Å². The Morgan fingerprint density at radius 3 is 2.30 bits per heavy atom. The van der Waals surface area contributed by atoms with Crippen LogP contribution in [0.5, 0.6) is 0 Å². The Balaban J connectivity index is 1.47. The molecule has 130 valence electrons. The zero-order valence-electron chi connectivity index (χ0n) is 14.0. The Hall–Kier alpha value is -1.30. The summed E-state index contributed by atoms with van der Waals surface area (Å²) in [6.07, 6.45) is 8.32. The monoisotopic (exact) mass is 323 g/mol. The highest BCUT2D eigenvalue weighted by atomic mass is 16.5. The lowest BCUT2D eigenvalue weighted by atomic mass is 9.96. The Labute approximate surface area is 138 Å². The highest BCUT2D eigenvalue weighted by Crippen LogP contribution is 2.18. The minimum atomic E-state index is -0.252. The van der Waals surface area contributed by atoms with Gasteiger partial charge in [-0.15, -0.1) is 0 Å². The Morgan fingerprint density at radius 2 is 1.57 bits per heavy atom. The molecule has 0 bridgehead atoms. The number of amides is 3. The number of nitrogens with zero attached hydrogens (tertiary/aromatic N) is 2. The van der Waals surface area contributed by atoms with E-state index in [0.717, 1.165) is 45.2 Å². The minimum Gasteiger partial charge on any atom is -0.368 e.